The zero-order chi connectivity index (χ0) is 13.8. The number of amides is 1. The SMILES string of the molecule is CC(C)(C(=O)O)C(=O)NCc1ccc(C#N)cc1. The number of hydrogen-bond acceptors (Lipinski definition) is 3. The molecule has 0 bridgehead atoms. The molecular weight excluding hydrogens is 232 g/mol. The molecule has 5 nitrogen and oxygen atoms in total. The van der Waals surface area contributed by atoms with Gasteiger partial charge in [-0.1, -0.05) is 12.1 Å². The number of nitriles is 1. The molecule has 1 rings (SSSR count). The van der Waals surface area contributed by atoms with E-state index in [1.165, 1.54) is 13.8 Å². The maximum absolute atomic E-state index is 11.7. The Morgan fingerprint density at radius 1 is 1.33 bits per heavy atom. The van der Waals surface area contributed by atoms with Crippen molar-refractivity contribution in [2.24, 2.45) is 5.41 Å². The molecule has 18 heavy (non-hydrogen) atoms. The van der Waals surface area contributed by atoms with Gasteiger partial charge in [0.2, 0.25) is 5.91 Å². The fourth-order valence-corrected chi connectivity index (χ4v) is 1.20. The molecule has 1 aromatic rings. The van der Waals surface area contributed by atoms with E-state index in [2.05, 4.69) is 5.32 Å². The monoisotopic (exact) mass is 246 g/mol. The van der Waals surface area contributed by atoms with Gasteiger partial charge in [-0.15, -0.1) is 0 Å². The molecule has 0 aliphatic rings. The molecule has 0 saturated carbocycles. The van der Waals surface area contributed by atoms with Crippen molar-refractivity contribution >= 4 is 11.9 Å². The lowest BCUT2D eigenvalue weighted by Crippen LogP contribution is -2.41. The van der Waals surface area contributed by atoms with Crippen LogP contribution in [0, 0.1) is 16.7 Å². The number of nitrogens with one attached hydrogen (secondary N) is 1. The van der Waals surface area contributed by atoms with E-state index in [1.54, 1.807) is 24.3 Å². The van der Waals surface area contributed by atoms with Crippen molar-refractivity contribution < 1.29 is 14.7 Å². The van der Waals surface area contributed by atoms with E-state index in [9.17, 15) is 9.59 Å². The summed E-state index contributed by atoms with van der Waals surface area (Å²) in [6.45, 7) is 2.94. The van der Waals surface area contributed by atoms with Gasteiger partial charge in [0.1, 0.15) is 5.41 Å². The minimum Gasteiger partial charge on any atom is -0.480 e. The third-order valence-corrected chi connectivity index (χ3v) is 2.64. The topological polar surface area (TPSA) is 90.2 Å². The standard InChI is InChI=1S/C13H14N2O3/c1-13(2,12(17)18)11(16)15-8-10-5-3-9(7-14)4-6-10/h3-6H,8H2,1-2H3,(H,15,16)(H,17,18). The number of rotatable bonds is 4. The van der Waals surface area contributed by atoms with E-state index in [0.717, 1.165) is 5.56 Å². The zero-order valence-corrected chi connectivity index (χ0v) is 10.2. The van der Waals surface area contributed by atoms with Crippen LogP contribution in [0.2, 0.25) is 0 Å². The summed E-state index contributed by atoms with van der Waals surface area (Å²) < 4.78 is 0. The van der Waals surface area contributed by atoms with Crippen LogP contribution < -0.4 is 5.32 Å². The van der Waals surface area contributed by atoms with Crippen LogP contribution in [0.15, 0.2) is 24.3 Å². The second kappa shape index (κ2) is 5.32. The Labute approximate surface area is 105 Å². The van der Waals surface area contributed by atoms with E-state index in [-0.39, 0.29) is 6.54 Å². The molecule has 0 atom stereocenters. The summed E-state index contributed by atoms with van der Waals surface area (Å²) in [4.78, 5) is 22.5. The van der Waals surface area contributed by atoms with Gasteiger partial charge in [0.05, 0.1) is 11.6 Å². The molecule has 2 N–H and O–H groups in total. The van der Waals surface area contributed by atoms with Gasteiger partial charge >= 0.3 is 5.97 Å². The number of carboxylic acid groups (broad SMARTS) is 1. The predicted octanol–water partition coefficient (Wildman–Crippen LogP) is 1.29. The molecule has 0 spiro atoms. The van der Waals surface area contributed by atoms with Gasteiger partial charge in [-0.2, -0.15) is 5.26 Å². The number of carbonyl (C=O) groups is 2. The molecule has 0 heterocycles. The highest BCUT2D eigenvalue weighted by Crippen LogP contribution is 2.15. The summed E-state index contributed by atoms with van der Waals surface area (Å²) in [7, 11) is 0. The van der Waals surface area contributed by atoms with Crippen molar-refractivity contribution in [1.29, 1.82) is 5.26 Å². The van der Waals surface area contributed by atoms with Crippen molar-refractivity contribution in [2.75, 3.05) is 0 Å². The highest BCUT2D eigenvalue weighted by Gasteiger charge is 2.35. The van der Waals surface area contributed by atoms with Crippen LogP contribution in [0.1, 0.15) is 25.0 Å². The maximum atomic E-state index is 11.7. The Balaban J connectivity index is 2.63. The number of aliphatic carboxylic acids is 1. The van der Waals surface area contributed by atoms with Crippen LogP contribution in [0.5, 0.6) is 0 Å². The molecule has 94 valence electrons. The Morgan fingerprint density at radius 3 is 2.33 bits per heavy atom. The van der Waals surface area contributed by atoms with E-state index in [1.807, 2.05) is 6.07 Å². The molecule has 0 aliphatic heterocycles. The molecule has 1 amide bonds. The third-order valence-electron chi connectivity index (χ3n) is 2.64. The molecule has 0 unspecified atom stereocenters. The normalized spacial score (nSPS) is 10.5. The van der Waals surface area contributed by atoms with Gasteiger partial charge < -0.3 is 10.4 Å². The summed E-state index contributed by atoms with van der Waals surface area (Å²) in [5.74, 6) is -1.71. The van der Waals surface area contributed by atoms with Gasteiger partial charge in [0.25, 0.3) is 0 Å². The second-order valence-electron chi connectivity index (χ2n) is 4.42. The van der Waals surface area contributed by atoms with E-state index < -0.39 is 17.3 Å². The fraction of sp³-hybridized carbons (Fsp3) is 0.308. The molecule has 0 fully saturated rings. The van der Waals surface area contributed by atoms with Crippen LogP contribution in [-0.2, 0) is 16.1 Å². The fourth-order valence-electron chi connectivity index (χ4n) is 1.20. The lowest BCUT2D eigenvalue weighted by atomic mass is 9.92. The predicted molar refractivity (Wildman–Crippen MR) is 64.4 cm³/mol. The lowest BCUT2D eigenvalue weighted by Gasteiger charge is -2.18. The number of carboxylic acids is 1. The van der Waals surface area contributed by atoms with Gasteiger partial charge in [-0.3, -0.25) is 9.59 Å². The van der Waals surface area contributed by atoms with Gasteiger partial charge in [-0.25, -0.2) is 0 Å². The molecule has 0 saturated heterocycles. The maximum Gasteiger partial charge on any atom is 0.318 e. The average molecular weight is 246 g/mol. The molecule has 0 aliphatic carbocycles. The first-order valence-electron chi connectivity index (χ1n) is 5.38. The first-order valence-corrected chi connectivity index (χ1v) is 5.38. The van der Waals surface area contributed by atoms with Crippen molar-refractivity contribution in [3.63, 3.8) is 0 Å². The zero-order valence-electron chi connectivity index (χ0n) is 10.2. The second-order valence-corrected chi connectivity index (χ2v) is 4.42. The summed E-state index contributed by atoms with van der Waals surface area (Å²) in [6, 6.07) is 8.71. The largest absolute Gasteiger partial charge is 0.480 e. The number of carbonyl (C=O) groups excluding carboxylic acids is 1. The van der Waals surface area contributed by atoms with Gasteiger partial charge in [0, 0.05) is 6.54 Å². The molecule has 0 radical (unpaired) electrons. The van der Waals surface area contributed by atoms with Crippen molar-refractivity contribution in [3.8, 4) is 6.07 Å². The first kappa shape index (κ1) is 13.7. The van der Waals surface area contributed by atoms with Crippen LogP contribution >= 0.6 is 0 Å². The first-order chi connectivity index (χ1) is 8.37. The van der Waals surface area contributed by atoms with Gasteiger partial charge in [-0.05, 0) is 31.5 Å². The van der Waals surface area contributed by atoms with Crippen LogP contribution in [0.4, 0.5) is 0 Å². The number of benzene rings is 1. The van der Waals surface area contributed by atoms with Crippen LogP contribution in [0.25, 0.3) is 0 Å². The quantitative estimate of drug-likeness (QED) is 0.783. The summed E-state index contributed by atoms with van der Waals surface area (Å²) in [5, 5.41) is 20.1. The highest BCUT2D eigenvalue weighted by molar-refractivity contribution is 6.00. The molecule has 0 aromatic heterocycles. The molecular formula is C13H14N2O3. The minimum absolute atomic E-state index is 0.237. The average Bonchev–Trinajstić information content (AvgIpc) is 2.36. The smallest absolute Gasteiger partial charge is 0.318 e. The summed E-state index contributed by atoms with van der Waals surface area (Å²) in [6.07, 6.45) is 0. The number of nitrogens with zero attached hydrogens (tertiary/aromatic N) is 1. The van der Waals surface area contributed by atoms with Crippen molar-refractivity contribution in [2.45, 2.75) is 20.4 Å². The Kier molecular flexibility index (Phi) is 4.05. The number of hydrogen-bond donors (Lipinski definition) is 2. The Hall–Kier alpha value is -2.35. The van der Waals surface area contributed by atoms with E-state index in [4.69, 9.17) is 10.4 Å². The molecule has 1 aromatic carbocycles. The Morgan fingerprint density at radius 2 is 1.89 bits per heavy atom. The van der Waals surface area contributed by atoms with Crippen LogP contribution in [-0.4, -0.2) is 17.0 Å². The summed E-state index contributed by atoms with van der Waals surface area (Å²) >= 11 is 0. The Bertz CT molecular complexity index is 498. The third kappa shape index (κ3) is 3.08. The van der Waals surface area contributed by atoms with Crippen molar-refractivity contribution in [1.82, 2.24) is 5.32 Å². The summed E-state index contributed by atoms with van der Waals surface area (Å²) in [5.41, 5.74) is -0.105. The minimum atomic E-state index is -1.45. The van der Waals surface area contributed by atoms with Crippen molar-refractivity contribution in [3.05, 3.63) is 35.4 Å². The van der Waals surface area contributed by atoms with E-state index in [0.29, 0.717) is 5.56 Å². The van der Waals surface area contributed by atoms with Gasteiger partial charge in [0.15, 0.2) is 0 Å². The molecule has 5 heteroatoms. The lowest BCUT2D eigenvalue weighted by molar-refractivity contribution is -0.153. The van der Waals surface area contributed by atoms with Crippen LogP contribution in [0.3, 0.4) is 0 Å². The van der Waals surface area contributed by atoms with E-state index >= 15 is 0 Å². The highest BCUT2D eigenvalue weighted by atomic mass is 16.4.